The zero-order valence-corrected chi connectivity index (χ0v) is 13.0. The van der Waals surface area contributed by atoms with Gasteiger partial charge in [0.05, 0.1) is 11.3 Å². The smallest absolute Gasteiger partial charge is 0.101 e. The maximum absolute atomic E-state index is 9.12. The van der Waals surface area contributed by atoms with E-state index in [0.29, 0.717) is 11.5 Å². The summed E-state index contributed by atoms with van der Waals surface area (Å²) in [5.74, 6) is 0.504. The van der Waals surface area contributed by atoms with E-state index in [2.05, 4.69) is 58.5 Å². The van der Waals surface area contributed by atoms with Gasteiger partial charge >= 0.3 is 0 Å². The van der Waals surface area contributed by atoms with E-state index in [1.807, 2.05) is 24.3 Å². The molecule has 0 saturated heterocycles. The number of benzene rings is 2. The van der Waals surface area contributed by atoms with Gasteiger partial charge in [0.25, 0.3) is 0 Å². The molecule has 0 saturated carbocycles. The number of hydrogen-bond donors (Lipinski definition) is 1. The maximum atomic E-state index is 9.12. The summed E-state index contributed by atoms with van der Waals surface area (Å²) in [6, 6.07) is 18.4. The molecule has 102 valence electrons. The quantitative estimate of drug-likeness (QED) is 0.844. The number of rotatable bonds is 5. The molecule has 0 aliphatic heterocycles. The summed E-state index contributed by atoms with van der Waals surface area (Å²) in [6.07, 6.45) is 1.03. The van der Waals surface area contributed by atoms with Gasteiger partial charge in [-0.15, -0.1) is 0 Å². The molecule has 0 aromatic heterocycles. The number of nitrogens with one attached hydrogen (secondary N) is 1. The fraction of sp³-hybridized carbons (Fsp3) is 0.235. The summed E-state index contributed by atoms with van der Waals surface area (Å²) in [5.41, 5.74) is 2.92. The van der Waals surface area contributed by atoms with Crippen LogP contribution < -0.4 is 5.32 Å². The predicted molar refractivity (Wildman–Crippen MR) is 86.8 cm³/mol. The molecule has 3 heteroatoms. The molecule has 0 radical (unpaired) electrons. The molecule has 1 atom stereocenters. The fourth-order valence-corrected chi connectivity index (χ4v) is 2.50. The molecular formula is C17H17BrN2. The SMILES string of the molecule is CC(CCNc1ccc(Br)cc1C#N)c1ccccc1. The normalized spacial score (nSPS) is 11.7. The highest BCUT2D eigenvalue weighted by Crippen LogP contribution is 2.22. The van der Waals surface area contributed by atoms with E-state index in [1.54, 1.807) is 0 Å². The molecule has 0 heterocycles. The summed E-state index contributed by atoms with van der Waals surface area (Å²) < 4.78 is 0.928. The van der Waals surface area contributed by atoms with Crippen LogP contribution in [0, 0.1) is 11.3 Å². The highest BCUT2D eigenvalue weighted by Gasteiger charge is 2.06. The molecule has 0 spiro atoms. The van der Waals surface area contributed by atoms with Crippen LogP contribution in [0.25, 0.3) is 0 Å². The van der Waals surface area contributed by atoms with Crippen LogP contribution in [-0.4, -0.2) is 6.54 Å². The Hall–Kier alpha value is -1.79. The van der Waals surface area contributed by atoms with Crippen LogP contribution in [0.3, 0.4) is 0 Å². The Morgan fingerprint density at radius 3 is 2.65 bits per heavy atom. The Kier molecular flexibility index (Phi) is 5.20. The van der Waals surface area contributed by atoms with Crippen LogP contribution in [0.15, 0.2) is 53.0 Å². The lowest BCUT2D eigenvalue weighted by Crippen LogP contribution is -2.07. The standard InChI is InChI=1S/C17H17BrN2/c1-13(14-5-3-2-4-6-14)9-10-20-17-8-7-16(18)11-15(17)12-19/h2-8,11,13,20H,9-10H2,1H3. The number of nitriles is 1. The van der Waals surface area contributed by atoms with Crippen LogP contribution in [0.1, 0.15) is 30.4 Å². The third-order valence-electron chi connectivity index (χ3n) is 3.36. The molecule has 0 aliphatic carbocycles. The first kappa shape index (κ1) is 14.6. The summed E-state index contributed by atoms with van der Waals surface area (Å²) in [7, 11) is 0. The number of hydrogen-bond acceptors (Lipinski definition) is 2. The van der Waals surface area contributed by atoms with E-state index >= 15 is 0 Å². The molecule has 1 N–H and O–H groups in total. The van der Waals surface area contributed by atoms with Crippen molar-refractivity contribution in [2.45, 2.75) is 19.3 Å². The molecule has 2 aromatic carbocycles. The highest BCUT2D eigenvalue weighted by atomic mass is 79.9. The zero-order chi connectivity index (χ0) is 14.4. The minimum atomic E-state index is 0.504. The van der Waals surface area contributed by atoms with Gasteiger partial charge < -0.3 is 5.32 Å². The van der Waals surface area contributed by atoms with Crippen molar-refractivity contribution in [3.63, 3.8) is 0 Å². The van der Waals surface area contributed by atoms with Crippen LogP contribution in [-0.2, 0) is 0 Å². The minimum absolute atomic E-state index is 0.504. The molecule has 2 rings (SSSR count). The second-order valence-corrected chi connectivity index (χ2v) is 5.74. The van der Waals surface area contributed by atoms with Crippen molar-refractivity contribution in [2.24, 2.45) is 0 Å². The Morgan fingerprint density at radius 1 is 1.20 bits per heavy atom. The van der Waals surface area contributed by atoms with Gasteiger partial charge in [-0.1, -0.05) is 53.2 Å². The van der Waals surface area contributed by atoms with Gasteiger partial charge in [0.15, 0.2) is 0 Å². The van der Waals surface area contributed by atoms with Gasteiger partial charge in [0, 0.05) is 11.0 Å². The van der Waals surface area contributed by atoms with Gasteiger partial charge in [0.2, 0.25) is 0 Å². The molecule has 0 aliphatic rings. The Morgan fingerprint density at radius 2 is 1.95 bits per heavy atom. The first-order valence-corrected chi connectivity index (χ1v) is 7.48. The largest absolute Gasteiger partial charge is 0.384 e. The van der Waals surface area contributed by atoms with Crippen molar-refractivity contribution < 1.29 is 0 Å². The van der Waals surface area contributed by atoms with Crippen LogP contribution >= 0.6 is 15.9 Å². The lowest BCUT2D eigenvalue weighted by molar-refractivity contribution is 0.706. The van der Waals surface area contributed by atoms with Gasteiger partial charge in [-0.25, -0.2) is 0 Å². The summed E-state index contributed by atoms with van der Waals surface area (Å²) in [4.78, 5) is 0. The third kappa shape index (κ3) is 3.85. The maximum Gasteiger partial charge on any atom is 0.101 e. The lowest BCUT2D eigenvalue weighted by Gasteiger charge is -2.13. The number of halogens is 1. The van der Waals surface area contributed by atoms with E-state index < -0.39 is 0 Å². The van der Waals surface area contributed by atoms with Crippen LogP contribution in [0.4, 0.5) is 5.69 Å². The van der Waals surface area contributed by atoms with Gasteiger partial charge in [-0.3, -0.25) is 0 Å². The molecule has 1 unspecified atom stereocenters. The van der Waals surface area contributed by atoms with E-state index in [-0.39, 0.29) is 0 Å². The fourth-order valence-electron chi connectivity index (χ4n) is 2.13. The van der Waals surface area contributed by atoms with E-state index in [4.69, 9.17) is 5.26 Å². The second kappa shape index (κ2) is 7.12. The molecule has 0 fully saturated rings. The molecule has 0 amide bonds. The van der Waals surface area contributed by atoms with Crippen molar-refractivity contribution in [2.75, 3.05) is 11.9 Å². The third-order valence-corrected chi connectivity index (χ3v) is 3.86. The first-order valence-electron chi connectivity index (χ1n) is 6.69. The summed E-state index contributed by atoms with van der Waals surface area (Å²) >= 11 is 3.38. The van der Waals surface area contributed by atoms with Gasteiger partial charge in [-0.2, -0.15) is 5.26 Å². The average molecular weight is 329 g/mol. The number of anilines is 1. The number of nitrogens with zero attached hydrogens (tertiary/aromatic N) is 1. The summed E-state index contributed by atoms with van der Waals surface area (Å²) in [6.45, 7) is 3.08. The minimum Gasteiger partial charge on any atom is -0.384 e. The van der Waals surface area contributed by atoms with Crippen molar-refractivity contribution >= 4 is 21.6 Å². The van der Waals surface area contributed by atoms with Crippen molar-refractivity contribution in [1.82, 2.24) is 0 Å². The average Bonchev–Trinajstić information content (AvgIpc) is 2.49. The second-order valence-electron chi connectivity index (χ2n) is 4.83. The Bertz CT molecular complexity index is 602. The summed E-state index contributed by atoms with van der Waals surface area (Å²) in [5, 5.41) is 12.5. The van der Waals surface area contributed by atoms with E-state index in [9.17, 15) is 0 Å². The van der Waals surface area contributed by atoms with Crippen LogP contribution in [0.5, 0.6) is 0 Å². The van der Waals surface area contributed by atoms with E-state index in [1.165, 1.54) is 5.56 Å². The molecular weight excluding hydrogens is 312 g/mol. The van der Waals surface area contributed by atoms with Gasteiger partial charge in [-0.05, 0) is 36.1 Å². The zero-order valence-electron chi connectivity index (χ0n) is 11.4. The predicted octanol–water partition coefficient (Wildman–Crippen LogP) is 4.93. The van der Waals surface area contributed by atoms with Crippen molar-refractivity contribution in [3.05, 3.63) is 64.1 Å². The Labute approximate surface area is 128 Å². The monoisotopic (exact) mass is 328 g/mol. The van der Waals surface area contributed by atoms with Crippen molar-refractivity contribution in [1.29, 1.82) is 5.26 Å². The Balaban J connectivity index is 1.92. The van der Waals surface area contributed by atoms with Crippen molar-refractivity contribution in [3.8, 4) is 6.07 Å². The topological polar surface area (TPSA) is 35.8 Å². The molecule has 2 aromatic rings. The highest BCUT2D eigenvalue weighted by molar-refractivity contribution is 9.10. The lowest BCUT2D eigenvalue weighted by atomic mass is 9.98. The molecule has 2 nitrogen and oxygen atoms in total. The van der Waals surface area contributed by atoms with Crippen LogP contribution in [0.2, 0.25) is 0 Å². The molecule has 20 heavy (non-hydrogen) atoms. The van der Waals surface area contributed by atoms with Gasteiger partial charge in [0.1, 0.15) is 6.07 Å². The first-order chi connectivity index (χ1) is 9.70. The molecule has 0 bridgehead atoms. The van der Waals surface area contributed by atoms with E-state index in [0.717, 1.165) is 23.1 Å².